The second-order valence-corrected chi connectivity index (χ2v) is 24.2. The molecule has 0 radical (unpaired) electrons. The molecule has 0 bridgehead atoms. The highest BCUT2D eigenvalue weighted by atomic mass is 16.6. The monoisotopic (exact) mass is 1110 g/mol. The Bertz CT molecular complexity index is 1320. The zero-order valence-corrected chi connectivity index (χ0v) is 53.4. The quantitative estimate of drug-likeness (QED) is 0.0261. The smallest absolute Gasteiger partial charge is 0.306 e. The van der Waals surface area contributed by atoms with E-state index in [4.69, 9.17) is 14.2 Å². The molecule has 1 unspecified atom stereocenters. The average Bonchev–Trinajstić information content (AvgIpc) is 3.45. The van der Waals surface area contributed by atoms with E-state index in [1.54, 1.807) is 0 Å². The molecule has 1 atom stereocenters. The van der Waals surface area contributed by atoms with E-state index in [9.17, 15) is 14.4 Å². The first-order chi connectivity index (χ1) is 39.0. The van der Waals surface area contributed by atoms with Crippen LogP contribution in [0.15, 0.2) is 36.5 Å². The first kappa shape index (κ1) is 76.6. The lowest BCUT2D eigenvalue weighted by Crippen LogP contribution is -2.30. The summed E-state index contributed by atoms with van der Waals surface area (Å²) < 4.78 is 17.0. The van der Waals surface area contributed by atoms with Gasteiger partial charge in [0, 0.05) is 19.3 Å². The van der Waals surface area contributed by atoms with Crippen molar-refractivity contribution in [1.82, 2.24) is 0 Å². The van der Waals surface area contributed by atoms with Crippen LogP contribution in [0.1, 0.15) is 393 Å². The molecule has 79 heavy (non-hydrogen) atoms. The summed E-state index contributed by atoms with van der Waals surface area (Å²) in [5.74, 6) is -0.838. The number of ether oxygens (including phenoxy) is 3. The van der Waals surface area contributed by atoms with Crippen LogP contribution in [0.5, 0.6) is 0 Å². The van der Waals surface area contributed by atoms with Gasteiger partial charge in [-0.25, -0.2) is 0 Å². The molecular formula is C73H136O6. The Morgan fingerprint density at radius 2 is 0.456 bits per heavy atom. The topological polar surface area (TPSA) is 78.9 Å². The first-order valence-corrected chi connectivity index (χ1v) is 35.5. The van der Waals surface area contributed by atoms with Gasteiger partial charge >= 0.3 is 17.9 Å². The highest BCUT2D eigenvalue weighted by Crippen LogP contribution is 2.19. The molecule has 464 valence electrons. The van der Waals surface area contributed by atoms with Crippen LogP contribution < -0.4 is 0 Å². The van der Waals surface area contributed by atoms with Crippen molar-refractivity contribution >= 4 is 17.9 Å². The fourth-order valence-electron chi connectivity index (χ4n) is 10.8. The number of rotatable bonds is 66. The van der Waals surface area contributed by atoms with Crippen molar-refractivity contribution in [3.05, 3.63) is 36.5 Å². The van der Waals surface area contributed by atoms with E-state index in [2.05, 4.69) is 57.2 Å². The molecule has 0 aromatic carbocycles. The van der Waals surface area contributed by atoms with E-state index < -0.39 is 6.10 Å². The molecule has 0 saturated heterocycles. The molecule has 0 heterocycles. The summed E-state index contributed by atoms with van der Waals surface area (Å²) in [6.07, 6.45) is 84.6. The standard InChI is InChI=1S/C73H136O6/c1-4-7-10-13-16-19-22-25-27-29-31-33-35-36-37-38-39-41-42-44-46-48-51-54-57-60-63-66-72(75)78-69-70(68-77-71(74)65-62-59-56-53-50-24-21-18-15-12-9-6-3)79-73(76)67-64-61-58-55-52-49-47-45-43-40-34-32-30-28-26-23-20-17-14-11-8-5-2/h22,25,29,31,35-36,70H,4-21,23-24,26-28,30,32-34,37-69H2,1-3H3/b25-22-,31-29-,36-35-. The molecule has 0 rings (SSSR count). The second kappa shape index (κ2) is 68.1. The fraction of sp³-hybridized carbons (Fsp3) is 0.877. The third-order valence-corrected chi connectivity index (χ3v) is 16.1. The summed E-state index contributed by atoms with van der Waals surface area (Å²) >= 11 is 0. The minimum absolute atomic E-state index is 0.0661. The highest BCUT2D eigenvalue weighted by Gasteiger charge is 2.19. The molecule has 0 fully saturated rings. The highest BCUT2D eigenvalue weighted by molar-refractivity contribution is 5.71. The summed E-state index contributed by atoms with van der Waals surface area (Å²) in [6.45, 7) is 6.70. The average molecular weight is 1110 g/mol. The summed E-state index contributed by atoms with van der Waals surface area (Å²) in [4.78, 5) is 38.4. The van der Waals surface area contributed by atoms with Gasteiger partial charge in [0.15, 0.2) is 6.10 Å². The second-order valence-electron chi connectivity index (χ2n) is 24.2. The third kappa shape index (κ3) is 66.3. The normalized spacial score (nSPS) is 12.2. The molecule has 0 amide bonds. The number of hydrogen-bond acceptors (Lipinski definition) is 6. The van der Waals surface area contributed by atoms with Gasteiger partial charge in [-0.2, -0.15) is 0 Å². The van der Waals surface area contributed by atoms with Gasteiger partial charge in [0.25, 0.3) is 0 Å². The molecule has 0 N–H and O–H groups in total. The first-order valence-electron chi connectivity index (χ1n) is 35.5. The molecule has 6 nitrogen and oxygen atoms in total. The minimum Gasteiger partial charge on any atom is -0.462 e. The molecule has 0 aliphatic rings. The zero-order chi connectivity index (χ0) is 57.1. The number of hydrogen-bond donors (Lipinski definition) is 0. The predicted octanol–water partition coefficient (Wildman–Crippen LogP) is 24.3. The lowest BCUT2D eigenvalue weighted by molar-refractivity contribution is -0.167. The fourth-order valence-corrected chi connectivity index (χ4v) is 10.8. The summed E-state index contributed by atoms with van der Waals surface area (Å²) in [7, 11) is 0. The molecule has 0 aliphatic heterocycles. The van der Waals surface area contributed by atoms with Gasteiger partial charge in [0.05, 0.1) is 0 Å². The SMILES string of the molecule is CCCCCCC/C=C\C/C=C\C/C=C\CCCCCCCCCCCCCCC(=O)OCC(COC(=O)CCCCCCCCCCCCCC)OC(=O)CCCCCCCCCCCCCCCCCCCCCCCC. The zero-order valence-electron chi connectivity index (χ0n) is 53.4. The van der Waals surface area contributed by atoms with Crippen LogP contribution in [0, 0.1) is 0 Å². The molecule has 0 aromatic rings. The van der Waals surface area contributed by atoms with E-state index in [1.165, 1.54) is 283 Å². The van der Waals surface area contributed by atoms with Gasteiger partial charge in [0.1, 0.15) is 13.2 Å². The van der Waals surface area contributed by atoms with Crippen molar-refractivity contribution in [1.29, 1.82) is 0 Å². The van der Waals surface area contributed by atoms with E-state index in [0.717, 1.165) is 70.6 Å². The van der Waals surface area contributed by atoms with Crippen molar-refractivity contribution in [3.8, 4) is 0 Å². The molecule has 0 aromatic heterocycles. The molecular weight excluding hydrogens is 973 g/mol. The maximum Gasteiger partial charge on any atom is 0.306 e. The van der Waals surface area contributed by atoms with Crippen molar-refractivity contribution in [2.45, 2.75) is 399 Å². The van der Waals surface area contributed by atoms with Gasteiger partial charge in [0.2, 0.25) is 0 Å². The van der Waals surface area contributed by atoms with Crippen LogP contribution >= 0.6 is 0 Å². The lowest BCUT2D eigenvalue weighted by atomic mass is 10.0. The molecule has 6 heteroatoms. The van der Waals surface area contributed by atoms with E-state index >= 15 is 0 Å². The van der Waals surface area contributed by atoms with Gasteiger partial charge in [-0.15, -0.1) is 0 Å². The van der Waals surface area contributed by atoms with Gasteiger partial charge in [-0.3, -0.25) is 14.4 Å². The third-order valence-electron chi connectivity index (χ3n) is 16.1. The van der Waals surface area contributed by atoms with Crippen molar-refractivity contribution < 1.29 is 28.6 Å². The Morgan fingerprint density at radius 3 is 0.709 bits per heavy atom. The predicted molar refractivity (Wildman–Crippen MR) is 344 cm³/mol. The van der Waals surface area contributed by atoms with Crippen LogP contribution in [-0.2, 0) is 28.6 Å². The molecule has 0 spiro atoms. The van der Waals surface area contributed by atoms with Crippen molar-refractivity contribution in [3.63, 3.8) is 0 Å². The molecule has 0 aliphatic carbocycles. The number of unbranched alkanes of at least 4 members (excludes halogenated alkanes) is 49. The van der Waals surface area contributed by atoms with E-state index in [0.29, 0.717) is 19.3 Å². The Balaban J connectivity index is 4.20. The maximum atomic E-state index is 12.9. The maximum absolute atomic E-state index is 12.9. The van der Waals surface area contributed by atoms with E-state index in [-0.39, 0.29) is 31.1 Å². The number of esters is 3. The van der Waals surface area contributed by atoms with Crippen LogP contribution in [0.2, 0.25) is 0 Å². The van der Waals surface area contributed by atoms with Crippen LogP contribution in [0.4, 0.5) is 0 Å². The minimum atomic E-state index is -0.769. The van der Waals surface area contributed by atoms with Gasteiger partial charge in [-0.1, -0.05) is 353 Å². The number of carbonyl (C=O) groups is 3. The molecule has 0 saturated carbocycles. The summed E-state index contributed by atoms with van der Waals surface area (Å²) in [5, 5.41) is 0. The largest absolute Gasteiger partial charge is 0.462 e. The Kier molecular flexibility index (Phi) is 66.1. The van der Waals surface area contributed by atoms with Gasteiger partial charge in [-0.05, 0) is 57.8 Å². The summed E-state index contributed by atoms with van der Waals surface area (Å²) in [5.41, 5.74) is 0. The Labute approximate surface area is 493 Å². The summed E-state index contributed by atoms with van der Waals surface area (Å²) in [6, 6.07) is 0. The number of allylic oxidation sites excluding steroid dienone is 6. The Hall–Kier alpha value is -2.37. The number of carbonyl (C=O) groups excluding carboxylic acids is 3. The van der Waals surface area contributed by atoms with Gasteiger partial charge < -0.3 is 14.2 Å². The van der Waals surface area contributed by atoms with Crippen molar-refractivity contribution in [2.24, 2.45) is 0 Å². The van der Waals surface area contributed by atoms with E-state index in [1.807, 2.05) is 0 Å². The van der Waals surface area contributed by atoms with Crippen LogP contribution in [0.25, 0.3) is 0 Å². The Morgan fingerprint density at radius 1 is 0.253 bits per heavy atom. The van der Waals surface area contributed by atoms with Crippen molar-refractivity contribution in [2.75, 3.05) is 13.2 Å². The lowest BCUT2D eigenvalue weighted by Gasteiger charge is -2.18. The van der Waals surface area contributed by atoms with Crippen LogP contribution in [0.3, 0.4) is 0 Å². The van der Waals surface area contributed by atoms with Crippen LogP contribution in [-0.4, -0.2) is 37.2 Å².